The normalized spacial score (nSPS) is 30.8. The van der Waals surface area contributed by atoms with E-state index < -0.39 is 41.3 Å². The van der Waals surface area contributed by atoms with Gasteiger partial charge in [0.2, 0.25) is 11.8 Å². The summed E-state index contributed by atoms with van der Waals surface area (Å²) in [6.45, 7) is 9.08. The third-order valence-corrected chi connectivity index (χ3v) is 14.6. The third-order valence-electron chi connectivity index (χ3n) is 14.6. The molecule has 4 saturated carbocycles. The number of primary amides is 1. The van der Waals surface area contributed by atoms with Crippen molar-refractivity contribution in [3.8, 4) is 11.5 Å². The average Bonchev–Trinajstić information content (AvgIpc) is 3.56. The molecule has 15 nitrogen and oxygen atoms in total. The second-order valence-electron chi connectivity index (χ2n) is 18.3. The van der Waals surface area contributed by atoms with Crippen molar-refractivity contribution in [1.82, 2.24) is 10.6 Å². The number of unbranched alkanes of at least 4 members (excludes halogenated alkanes) is 3. The number of phenols is 1. The predicted octanol–water partition coefficient (Wildman–Crippen LogP) is 5.03. The summed E-state index contributed by atoms with van der Waals surface area (Å²) in [6.07, 6.45) is 11.4. The molecule has 332 valence electrons. The molecule has 0 bridgehead atoms. The molecule has 0 aliphatic heterocycles. The lowest BCUT2D eigenvalue weighted by Gasteiger charge is -2.62. The Kier molecular flexibility index (Phi) is 15.9. The van der Waals surface area contributed by atoms with Crippen LogP contribution in [0.5, 0.6) is 11.5 Å². The van der Waals surface area contributed by atoms with E-state index in [9.17, 15) is 34.5 Å². The molecule has 8 N–H and O–H groups in total. The second-order valence-corrected chi connectivity index (χ2v) is 18.3. The van der Waals surface area contributed by atoms with E-state index in [0.29, 0.717) is 24.2 Å². The van der Waals surface area contributed by atoms with Crippen LogP contribution in [-0.2, 0) is 23.8 Å². The number of nitrogens with one attached hydrogen (secondary N) is 3. The van der Waals surface area contributed by atoms with Crippen LogP contribution in [-0.4, -0.2) is 104 Å². The van der Waals surface area contributed by atoms with Gasteiger partial charge in [-0.25, -0.2) is 4.79 Å². The molecule has 0 heterocycles. The van der Waals surface area contributed by atoms with Crippen LogP contribution in [0.1, 0.15) is 122 Å². The van der Waals surface area contributed by atoms with Crippen LogP contribution in [0, 0.1) is 40.4 Å². The van der Waals surface area contributed by atoms with E-state index in [2.05, 4.69) is 43.6 Å². The predicted molar refractivity (Wildman–Crippen MR) is 221 cm³/mol. The summed E-state index contributed by atoms with van der Waals surface area (Å²) in [5, 5.41) is 41.4. The van der Waals surface area contributed by atoms with Gasteiger partial charge in [0.15, 0.2) is 5.75 Å². The first-order valence-electron chi connectivity index (χ1n) is 21.8. The van der Waals surface area contributed by atoms with E-state index in [0.717, 1.165) is 57.8 Å². The summed E-state index contributed by atoms with van der Waals surface area (Å²) in [4.78, 5) is 49.0. The number of hydrogen-bond acceptors (Lipinski definition) is 11. The van der Waals surface area contributed by atoms with Crippen molar-refractivity contribution in [3.63, 3.8) is 0 Å². The van der Waals surface area contributed by atoms with Crippen molar-refractivity contribution in [2.75, 3.05) is 51.9 Å². The molecule has 10 atom stereocenters. The van der Waals surface area contributed by atoms with Crippen LogP contribution in [0.2, 0.25) is 0 Å². The number of benzene rings is 1. The van der Waals surface area contributed by atoms with Crippen molar-refractivity contribution in [2.24, 2.45) is 46.2 Å². The van der Waals surface area contributed by atoms with Crippen LogP contribution in [0.15, 0.2) is 12.1 Å². The molecule has 4 amide bonds. The first kappa shape index (κ1) is 46.4. The smallest absolute Gasteiger partial charge is 0.407 e. The Morgan fingerprint density at radius 3 is 2.36 bits per heavy atom. The molecule has 1 aromatic rings. The van der Waals surface area contributed by atoms with Gasteiger partial charge in [-0.15, -0.1) is 0 Å². The zero-order valence-corrected chi connectivity index (χ0v) is 35.8. The Balaban J connectivity index is 0.961. The fourth-order valence-corrected chi connectivity index (χ4v) is 11.8. The summed E-state index contributed by atoms with van der Waals surface area (Å²) in [6, 6.07) is 2.76. The van der Waals surface area contributed by atoms with E-state index >= 15 is 0 Å². The van der Waals surface area contributed by atoms with Gasteiger partial charge in [0.05, 0.1) is 50.9 Å². The van der Waals surface area contributed by atoms with Gasteiger partial charge in [0.1, 0.15) is 24.0 Å². The number of carbonyl (C=O) groups is 4. The standard InChI is InChI=1S/C44H70N4O11/c1-6-7-8-9-16-44(4,55)35-13-10-29-28-24-33(49)31-23-27(14-17-42(31,2)30(28)15-18-43(29,35)3)59-41(54)47-25-36(50)46-19-20-57-21-22-58-26-37(51)48-32-11-12-34(56-5)38(39(32)52)40(45)53/h11-12,27-31,33,35,49,52,55H,6-10,13-26H2,1-5H3,(H2,45,53)(H,46,50)(H,47,54)(H,48,51). The molecule has 0 spiro atoms. The minimum absolute atomic E-state index is 0.0215. The van der Waals surface area contributed by atoms with E-state index in [1.165, 1.54) is 38.5 Å². The number of amides is 4. The monoisotopic (exact) mass is 831 g/mol. The molecule has 10 unspecified atom stereocenters. The quantitative estimate of drug-likeness (QED) is 0.0681. The molecule has 15 heteroatoms. The topological polar surface area (TPSA) is 228 Å². The van der Waals surface area contributed by atoms with E-state index in [1.807, 2.05) is 0 Å². The summed E-state index contributed by atoms with van der Waals surface area (Å²) < 4.78 is 21.5. The number of carbonyl (C=O) groups excluding carboxylic acids is 4. The number of alkyl carbamates (subject to hydrolysis) is 1. The number of hydrogen-bond donors (Lipinski definition) is 7. The van der Waals surface area contributed by atoms with Gasteiger partial charge in [0.25, 0.3) is 5.91 Å². The van der Waals surface area contributed by atoms with Crippen LogP contribution in [0.4, 0.5) is 10.5 Å². The summed E-state index contributed by atoms with van der Waals surface area (Å²) in [5.74, 6) is -0.553. The highest BCUT2D eigenvalue weighted by Crippen LogP contribution is 2.69. The number of ether oxygens (including phenoxy) is 4. The third kappa shape index (κ3) is 10.8. The first-order valence-corrected chi connectivity index (χ1v) is 21.8. The summed E-state index contributed by atoms with van der Waals surface area (Å²) in [5.41, 5.74) is 4.41. The Morgan fingerprint density at radius 2 is 1.63 bits per heavy atom. The van der Waals surface area contributed by atoms with Crippen molar-refractivity contribution >= 4 is 29.5 Å². The largest absolute Gasteiger partial charge is 0.505 e. The number of fused-ring (bicyclic) bond motifs is 5. The van der Waals surface area contributed by atoms with Crippen LogP contribution >= 0.6 is 0 Å². The fraction of sp³-hybridized carbons (Fsp3) is 0.773. The molecule has 0 radical (unpaired) electrons. The minimum Gasteiger partial charge on any atom is -0.505 e. The molecule has 4 aliphatic rings. The van der Waals surface area contributed by atoms with Gasteiger partial charge >= 0.3 is 6.09 Å². The number of anilines is 1. The average molecular weight is 831 g/mol. The summed E-state index contributed by atoms with van der Waals surface area (Å²) >= 11 is 0. The molecule has 5 rings (SSSR count). The number of rotatable bonds is 20. The fourth-order valence-electron chi connectivity index (χ4n) is 11.8. The van der Waals surface area contributed by atoms with Crippen molar-refractivity contribution < 1.29 is 53.4 Å². The lowest BCUT2D eigenvalue weighted by atomic mass is 9.43. The van der Waals surface area contributed by atoms with Crippen molar-refractivity contribution in [1.29, 1.82) is 0 Å². The molecular weight excluding hydrogens is 761 g/mol. The molecule has 0 aromatic heterocycles. The van der Waals surface area contributed by atoms with Gasteiger partial charge in [-0.3, -0.25) is 14.4 Å². The first-order chi connectivity index (χ1) is 28.0. The van der Waals surface area contributed by atoms with Crippen molar-refractivity contribution in [3.05, 3.63) is 17.7 Å². The number of methoxy groups -OCH3 is 1. The number of aliphatic hydroxyl groups excluding tert-OH is 1. The van der Waals surface area contributed by atoms with Crippen LogP contribution < -0.4 is 26.4 Å². The Morgan fingerprint density at radius 1 is 0.898 bits per heavy atom. The molecular formula is C44H70N4O11. The highest BCUT2D eigenvalue weighted by Gasteiger charge is 2.64. The maximum absolute atomic E-state index is 12.7. The second kappa shape index (κ2) is 20.3. The SMILES string of the molecule is CCCCCCC(C)(O)C1CCC2C3CC(O)C4CC(OC(=O)NCC(=O)NCCOCCOCC(=O)Nc5ccc(OC)c(C(N)=O)c5O)CCC4(C)C3CCC21C. The zero-order valence-electron chi connectivity index (χ0n) is 35.8. The lowest BCUT2D eigenvalue weighted by Crippen LogP contribution is -2.59. The van der Waals surface area contributed by atoms with E-state index in [1.54, 1.807) is 0 Å². The maximum atomic E-state index is 12.7. The zero-order chi connectivity index (χ0) is 43.0. The van der Waals surface area contributed by atoms with Gasteiger partial charge < -0.3 is 56.0 Å². The Labute approximate surface area is 349 Å². The van der Waals surface area contributed by atoms with Gasteiger partial charge in [-0.1, -0.05) is 46.5 Å². The number of aromatic hydroxyl groups is 1. The highest BCUT2D eigenvalue weighted by molar-refractivity contribution is 6.02. The highest BCUT2D eigenvalue weighted by atomic mass is 16.6. The number of nitrogens with two attached hydrogens (primary N) is 1. The molecule has 4 fully saturated rings. The van der Waals surface area contributed by atoms with Crippen molar-refractivity contribution in [2.45, 2.75) is 129 Å². The molecule has 59 heavy (non-hydrogen) atoms. The molecule has 4 aliphatic carbocycles. The number of aliphatic hydroxyl groups is 2. The lowest BCUT2D eigenvalue weighted by molar-refractivity contribution is -0.179. The van der Waals surface area contributed by atoms with Gasteiger partial charge in [-0.05, 0) is 117 Å². The maximum Gasteiger partial charge on any atom is 0.407 e. The van der Waals surface area contributed by atoms with E-state index in [4.69, 9.17) is 24.7 Å². The Bertz CT molecular complexity index is 1620. The van der Waals surface area contributed by atoms with Gasteiger partial charge in [0, 0.05) is 6.54 Å². The van der Waals surface area contributed by atoms with Crippen LogP contribution in [0.25, 0.3) is 0 Å². The van der Waals surface area contributed by atoms with Gasteiger partial charge in [-0.2, -0.15) is 0 Å². The Hall–Kier alpha value is -3.66. The molecule has 0 saturated heterocycles. The van der Waals surface area contributed by atoms with E-state index in [-0.39, 0.29) is 85.3 Å². The summed E-state index contributed by atoms with van der Waals surface area (Å²) in [7, 11) is 1.32. The minimum atomic E-state index is -0.912. The molecule has 1 aromatic carbocycles. The van der Waals surface area contributed by atoms with Crippen LogP contribution in [0.3, 0.4) is 0 Å².